The van der Waals surface area contributed by atoms with E-state index in [9.17, 15) is 9.59 Å². The molecule has 0 atom stereocenters. The summed E-state index contributed by atoms with van der Waals surface area (Å²) in [5.74, 6) is -0.689. The van der Waals surface area contributed by atoms with E-state index in [1.54, 1.807) is 0 Å². The van der Waals surface area contributed by atoms with Crippen LogP contribution in [0, 0.1) is 5.92 Å². The number of carbonyl (C=O) groups excluding carboxylic acids is 1. The van der Waals surface area contributed by atoms with Crippen molar-refractivity contribution in [2.24, 2.45) is 5.92 Å². The van der Waals surface area contributed by atoms with Crippen LogP contribution in [-0.2, 0) is 11.2 Å². The minimum absolute atomic E-state index is 0.0905. The molecule has 0 bridgehead atoms. The van der Waals surface area contributed by atoms with Gasteiger partial charge in [0.2, 0.25) is 0 Å². The van der Waals surface area contributed by atoms with E-state index in [4.69, 9.17) is 14.6 Å². The number of amides is 1. The Balaban J connectivity index is 1.29. The quantitative estimate of drug-likeness (QED) is 0.367. The Morgan fingerprint density at radius 2 is 1.62 bits per heavy atom. The van der Waals surface area contributed by atoms with Crippen LogP contribution in [0.2, 0.25) is 0 Å². The summed E-state index contributed by atoms with van der Waals surface area (Å²) in [5.41, 5.74) is 3.56. The lowest BCUT2D eigenvalue weighted by Crippen LogP contribution is -2.16. The maximum Gasteiger partial charge on any atom is 0.320 e. The smallest absolute Gasteiger partial charge is 0.320 e. The molecule has 1 aliphatic rings. The lowest BCUT2D eigenvalue weighted by Gasteiger charge is -2.28. The van der Waals surface area contributed by atoms with Gasteiger partial charge >= 0.3 is 23.8 Å². The van der Waals surface area contributed by atoms with Crippen LogP contribution in [0.1, 0.15) is 59.8 Å². The van der Waals surface area contributed by atoms with Gasteiger partial charge in [0, 0.05) is 24.4 Å². The van der Waals surface area contributed by atoms with E-state index in [0.717, 1.165) is 36.9 Å². The van der Waals surface area contributed by atoms with Gasteiger partial charge in [0.15, 0.2) is 0 Å². The zero-order valence-electron chi connectivity index (χ0n) is 18.7. The standard InChI is InChI=1S/C25H28N4O5/c30-14-13-16-3-9-21(10-4-16)27-25-29-28-24(34-25)23(33)26-20-11-7-19(8-12-20)18-5-1-17(2-6-18)15-22(31)32/h3-4,7-12,17-18,30H,1-2,5-6,13-15H2,(H,26,33)(H,27,29)(H,31,32). The Bertz CT molecular complexity index is 1100. The largest absolute Gasteiger partial charge is 0.481 e. The predicted molar refractivity (Wildman–Crippen MR) is 126 cm³/mol. The van der Waals surface area contributed by atoms with E-state index in [2.05, 4.69) is 20.8 Å². The molecular weight excluding hydrogens is 436 g/mol. The number of anilines is 3. The number of hydrogen-bond acceptors (Lipinski definition) is 7. The predicted octanol–water partition coefficient (Wildman–Crippen LogP) is 4.35. The number of aliphatic hydroxyl groups is 1. The number of benzene rings is 2. The zero-order chi connectivity index (χ0) is 23.9. The molecule has 0 saturated heterocycles. The summed E-state index contributed by atoms with van der Waals surface area (Å²) in [6.07, 6.45) is 4.64. The van der Waals surface area contributed by atoms with Crippen LogP contribution >= 0.6 is 0 Å². The third-order valence-electron chi connectivity index (χ3n) is 6.17. The average molecular weight is 465 g/mol. The van der Waals surface area contributed by atoms with Gasteiger partial charge < -0.3 is 25.3 Å². The maximum atomic E-state index is 12.5. The first kappa shape index (κ1) is 23.4. The van der Waals surface area contributed by atoms with Crippen LogP contribution in [0.5, 0.6) is 0 Å². The number of aromatic nitrogens is 2. The molecule has 9 nitrogen and oxygen atoms in total. The van der Waals surface area contributed by atoms with Crippen molar-refractivity contribution in [3.8, 4) is 0 Å². The highest BCUT2D eigenvalue weighted by Gasteiger charge is 2.24. The summed E-state index contributed by atoms with van der Waals surface area (Å²) in [5, 5.41) is 31.3. The Morgan fingerprint density at radius 1 is 0.941 bits per heavy atom. The SMILES string of the molecule is O=C(O)CC1CCC(c2ccc(NC(=O)c3nnc(Nc4ccc(CCO)cc4)o3)cc2)CC1. The van der Waals surface area contributed by atoms with Crippen molar-refractivity contribution in [3.63, 3.8) is 0 Å². The van der Waals surface area contributed by atoms with E-state index in [1.165, 1.54) is 5.56 Å². The van der Waals surface area contributed by atoms with Crippen LogP contribution in [0.4, 0.5) is 17.4 Å². The van der Waals surface area contributed by atoms with Crippen LogP contribution in [-0.4, -0.2) is 38.9 Å². The number of carboxylic acids is 1. The summed E-state index contributed by atoms with van der Waals surface area (Å²) in [4.78, 5) is 23.4. The van der Waals surface area contributed by atoms with Crippen molar-refractivity contribution in [2.45, 2.75) is 44.4 Å². The first-order valence-corrected chi connectivity index (χ1v) is 11.4. The fourth-order valence-corrected chi connectivity index (χ4v) is 4.34. The number of carboxylic acid groups (broad SMARTS) is 1. The highest BCUT2D eigenvalue weighted by Crippen LogP contribution is 2.37. The molecule has 1 aromatic heterocycles. The molecule has 4 N–H and O–H groups in total. The second-order valence-corrected chi connectivity index (χ2v) is 8.60. The van der Waals surface area contributed by atoms with Gasteiger partial charge in [-0.1, -0.05) is 29.4 Å². The molecule has 178 valence electrons. The molecular formula is C25H28N4O5. The Morgan fingerprint density at radius 3 is 2.26 bits per heavy atom. The molecule has 0 spiro atoms. The van der Waals surface area contributed by atoms with E-state index in [0.29, 0.717) is 18.0 Å². The van der Waals surface area contributed by atoms with Crippen molar-refractivity contribution in [2.75, 3.05) is 17.2 Å². The number of hydrogen-bond donors (Lipinski definition) is 4. The summed E-state index contributed by atoms with van der Waals surface area (Å²) >= 11 is 0. The van der Waals surface area contributed by atoms with Crippen molar-refractivity contribution in [3.05, 3.63) is 65.5 Å². The minimum atomic E-state index is -0.722. The van der Waals surface area contributed by atoms with Crippen LogP contribution in [0.25, 0.3) is 0 Å². The van der Waals surface area contributed by atoms with Crippen LogP contribution in [0.15, 0.2) is 52.9 Å². The van der Waals surface area contributed by atoms with Crippen LogP contribution < -0.4 is 10.6 Å². The molecule has 1 fully saturated rings. The molecule has 3 aromatic rings. The third-order valence-corrected chi connectivity index (χ3v) is 6.17. The highest BCUT2D eigenvalue weighted by atomic mass is 16.4. The molecule has 9 heteroatoms. The number of aliphatic carboxylic acids is 1. The summed E-state index contributed by atoms with van der Waals surface area (Å²) in [7, 11) is 0. The number of aliphatic hydroxyl groups excluding tert-OH is 1. The Hall–Kier alpha value is -3.72. The second kappa shape index (κ2) is 10.9. The fourth-order valence-electron chi connectivity index (χ4n) is 4.34. The molecule has 0 radical (unpaired) electrons. The molecule has 0 aliphatic heterocycles. The topological polar surface area (TPSA) is 138 Å². The van der Waals surface area contributed by atoms with Crippen molar-refractivity contribution in [1.82, 2.24) is 10.2 Å². The van der Waals surface area contributed by atoms with Crippen molar-refractivity contribution < 1.29 is 24.2 Å². The number of rotatable bonds is 9. The summed E-state index contributed by atoms with van der Waals surface area (Å²) in [6.45, 7) is 0.0905. The van der Waals surface area contributed by atoms with Gasteiger partial charge in [-0.25, -0.2) is 0 Å². The normalized spacial score (nSPS) is 17.8. The number of carbonyl (C=O) groups is 2. The van der Waals surface area contributed by atoms with E-state index < -0.39 is 11.9 Å². The van der Waals surface area contributed by atoms with Gasteiger partial charge in [-0.05, 0) is 79.3 Å². The highest BCUT2D eigenvalue weighted by molar-refractivity contribution is 6.00. The van der Waals surface area contributed by atoms with Gasteiger partial charge in [-0.15, -0.1) is 5.10 Å². The summed E-state index contributed by atoms with van der Waals surface area (Å²) < 4.78 is 5.43. The molecule has 1 aliphatic carbocycles. The Labute approximate surface area is 197 Å². The Kier molecular flexibility index (Phi) is 7.54. The average Bonchev–Trinajstić information content (AvgIpc) is 3.30. The molecule has 4 rings (SSSR count). The molecule has 2 aromatic carbocycles. The van der Waals surface area contributed by atoms with E-state index in [-0.39, 0.29) is 30.9 Å². The third kappa shape index (κ3) is 6.20. The van der Waals surface area contributed by atoms with Crippen molar-refractivity contribution in [1.29, 1.82) is 0 Å². The van der Waals surface area contributed by atoms with Crippen molar-refractivity contribution >= 4 is 29.3 Å². The molecule has 1 heterocycles. The summed E-state index contributed by atoms with van der Waals surface area (Å²) in [6, 6.07) is 15.2. The minimum Gasteiger partial charge on any atom is -0.481 e. The lowest BCUT2D eigenvalue weighted by molar-refractivity contribution is -0.138. The maximum absolute atomic E-state index is 12.5. The first-order valence-electron chi connectivity index (χ1n) is 11.4. The van der Waals surface area contributed by atoms with E-state index >= 15 is 0 Å². The monoisotopic (exact) mass is 464 g/mol. The van der Waals surface area contributed by atoms with Gasteiger partial charge in [0.25, 0.3) is 0 Å². The van der Waals surface area contributed by atoms with Gasteiger partial charge in [0.05, 0.1) is 0 Å². The molecule has 1 amide bonds. The molecule has 34 heavy (non-hydrogen) atoms. The van der Waals surface area contributed by atoms with Gasteiger partial charge in [-0.3, -0.25) is 9.59 Å². The lowest BCUT2D eigenvalue weighted by atomic mass is 9.77. The van der Waals surface area contributed by atoms with E-state index in [1.807, 2.05) is 48.5 Å². The molecule has 1 saturated carbocycles. The second-order valence-electron chi connectivity index (χ2n) is 8.60. The number of nitrogens with zero attached hydrogens (tertiary/aromatic N) is 2. The number of nitrogens with one attached hydrogen (secondary N) is 2. The molecule has 0 unspecified atom stereocenters. The van der Waals surface area contributed by atoms with Gasteiger partial charge in [-0.2, -0.15) is 0 Å². The van der Waals surface area contributed by atoms with Gasteiger partial charge in [0.1, 0.15) is 0 Å². The zero-order valence-corrected chi connectivity index (χ0v) is 18.7. The fraction of sp³-hybridized carbons (Fsp3) is 0.360. The first-order chi connectivity index (χ1) is 16.5. The van der Waals surface area contributed by atoms with Crippen LogP contribution in [0.3, 0.4) is 0 Å².